The summed E-state index contributed by atoms with van der Waals surface area (Å²) >= 11 is 1.36. The van der Waals surface area contributed by atoms with Gasteiger partial charge in [-0.15, -0.1) is 11.3 Å². The number of rotatable bonds is 6. The highest BCUT2D eigenvalue weighted by Gasteiger charge is 2.26. The van der Waals surface area contributed by atoms with Crippen molar-refractivity contribution in [1.29, 1.82) is 0 Å². The van der Waals surface area contributed by atoms with Crippen LogP contribution in [-0.2, 0) is 10.0 Å². The predicted octanol–water partition coefficient (Wildman–Crippen LogP) is 1.54. The summed E-state index contributed by atoms with van der Waals surface area (Å²) in [5, 5.41) is 1.87. The summed E-state index contributed by atoms with van der Waals surface area (Å²) in [6.45, 7) is 0.453. The molecular weight excluding hydrogens is 310 g/mol. The molecule has 0 spiro atoms. The number of imidazole rings is 1. The molecule has 0 saturated heterocycles. The Morgan fingerprint density at radius 3 is 2.90 bits per heavy atom. The van der Waals surface area contributed by atoms with Crippen LogP contribution in [0.2, 0.25) is 0 Å². The van der Waals surface area contributed by atoms with Crippen LogP contribution in [0.5, 0.6) is 0 Å². The normalized spacial score (nSPS) is 16.8. The van der Waals surface area contributed by atoms with E-state index in [0.717, 1.165) is 6.42 Å². The van der Waals surface area contributed by atoms with E-state index in [1.165, 1.54) is 41.4 Å². The number of nitrogens with one attached hydrogen (secondary N) is 2. The van der Waals surface area contributed by atoms with Crippen molar-refractivity contribution >= 4 is 32.1 Å². The Morgan fingerprint density at radius 1 is 1.43 bits per heavy atom. The van der Waals surface area contributed by atoms with Gasteiger partial charge in [-0.1, -0.05) is 25.7 Å². The van der Waals surface area contributed by atoms with Crippen LogP contribution >= 0.6 is 11.3 Å². The van der Waals surface area contributed by atoms with Crippen molar-refractivity contribution in [2.24, 2.45) is 11.8 Å². The van der Waals surface area contributed by atoms with Crippen LogP contribution in [0.3, 0.4) is 0 Å². The summed E-state index contributed by atoms with van der Waals surface area (Å²) in [6, 6.07) is 0. The first-order valence-corrected chi connectivity index (χ1v) is 9.40. The topological polar surface area (TPSA) is 102 Å². The van der Waals surface area contributed by atoms with Crippen LogP contribution in [0, 0.1) is 5.92 Å². The molecule has 2 heterocycles. The molecule has 0 atom stereocenters. The lowest BCUT2D eigenvalue weighted by molar-refractivity contribution is 0.495. The first kappa shape index (κ1) is 14.8. The zero-order chi connectivity index (χ0) is 14.9. The highest BCUT2D eigenvalue weighted by Crippen LogP contribution is 2.28. The average Bonchev–Trinajstić information content (AvgIpc) is 3.13. The van der Waals surface area contributed by atoms with Crippen molar-refractivity contribution in [3.63, 3.8) is 0 Å². The summed E-state index contributed by atoms with van der Waals surface area (Å²) in [4.78, 5) is 4.77. The molecule has 7 nitrogen and oxygen atoms in total. The minimum Gasteiger partial charge on any atom is -0.306 e. The lowest BCUT2D eigenvalue weighted by Gasteiger charge is -2.10. The number of nitrogen functional groups attached to an aromatic ring is 1. The highest BCUT2D eigenvalue weighted by molar-refractivity contribution is 7.89. The number of sulfonamides is 1. The molecule has 0 radical (unpaired) electrons. The van der Waals surface area contributed by atoms with Crippen LogP contribution in [0.1, 0.15) is 32.1 Å². The van der Waals surface area contributed by atoms with Gasteiger partial charge in [0.2, 0.25) is 5.03 Å². The van der Waals surface area contributed by atoms with Gasteiger partial charge in [-0.2, -0.15) is 4.98 Å². The van der Waals surface area contributed by atoms with Gasteiger partial charge in [0.25, 0.3) is 10.0 Å². The third-order valence-electron chi connectivity index (χ3n) is 3.93. The fourth-order valence-electron chi connectivity index (χ4n) is 2.88. The number of hydrazine groups is 1. The van der Waals surface area contributed by atoms with Crippen molar-refractivity contribution in [1.82, 2.24) is 14.1 Å². The highest BCUT2D eigenvalue weighted by atomic mass is 32.2. The van der Waals surface area contributed by atoms with E-state index in [9.17, 15) is 8.42 Å². The van der Waals surface area contributed by atoms with Gasteiger partial charge in [0, 0.05) is 18.1 Å². The zero-order valence-electron chi connectivity index (χ0n) is 11.6. The molecule has 0 amide bonds. The summed E-state index contributed by atoms with van der Waals surface area (Å²) in [7, 11) is -3.63. The fourth-order valence-corrected chi connectivity index (χ4v) is 4.94. The number of hydrogen-bond acceptors (Lipinski definition) is 6. The molecule has 1 saturated carbocycles. The monoisotopic (exact) mass is 329 g/mol. The minimum atomic E-state index is -3.63. The number of hydrogen-bond donors (Lipinski definition) is 3. The van der Waals surface area contributed by atoms with Gasteiger partial charge < -0.3 is 5.43 Å². The number of anilines is 1. The summed E-state index contributed by atoms with van der Waals surface area (Å²) in [5.41, 5.74) is 2.36. The molecule has 0 bridgehead atoms. The van der Waals surface area contributed by atoms with E-state index in [-0.39, 0.29) is 10.8 Å². The first-order chi connectivity index (χ1) is 10.1. The molecule has 4 N–H and O–H groups in total. The maximum Gasteiger partial charge on any atom is 0.260 e. The van der Waals surface area contributed by atoms with Crippen molar-refractivity contribution < 1.29 is 8.42 Å². The van der Waals surface area contributed by atoms with Gasteiger partial charge >= 0.3 is 0 Å². The molecule has 3 rings (SSSR count). The first-order valence-electron chi connectivity index (χ1n) is 7.03. The van der Waals surface area contributed by atoms with Crippen molar-refractivity contribution in [2.75, 3.05) is 12.0 Å². The Morgan fingerprint density at radius 2 is 2.19 bits per heavy atom. The van der Waals surface area contributed by atoms with Crippen LogP contribution in [0.4, 0.5) is 5.82 Å². The maximum atomic E-state index is 12.5. The van der Waals surface area contributed by atoms with E-state index in [4.69, 9.17) is 5.84 Å². The molecular formula is C12H19N5O2S2. The van der Waals surface area contributed by atoms with Gasteiger partial charge in [-0.3, -0.25) is 4.40 Å². The minimum absolute atomic E-state index is 0.0765. The zero-order valence-corrected chi connectivity index (χ0v) is 13.2. The van der Waals surface area contributed by atoms with Gasteiger partial charge in [-0.25, -0.2) is 19.0 Å². The Kier molecular flexibility index (Phi) is 4.16. The number of thiazole rings is 1. The van der Waals surface area contributed by atoms with E-state index in [1.807, 2.05) is 0 Å². The molecule has 0 aliphatic heterocycles. The molecule has 9 heteroatoms. The molecule has 1 aliphatic carbocycles. The summed E-state index contributed by atoms with van der Waals surface area (Å²) < 4.78 is 29.2. The lowest BCUT2D eigenvalue weighted by Crippen LogP contribution is -2.28. The molecule has 2 aromatic rings. The summed E-state index contributed by atoms with van der Waals surface area (Å²) in [6.07, 6.45) is 7.50. The second-order valence-electron chi connectivity index (χ2n) is 5.30. The van der Waals surface area contributed by atoms with Gasteiger partial charge in [0.15, 0.2) is 10.8 Å². The van der Waals surface area contributed by atoms with Gasteiger partial charge in [0.1, 0.15) is 0 Å². The summed E-state index contributed by atoms with van der Waals surface area (Å²) in [5.74, 6) is 6.21. The van der Waals surface area contributed by atoms with Crippen molar-refractivity contribution in [2.45, 2.75) is 37.1 Å². The number of aromatic nitrogens is 2. The maximum absolute atomic E-state index is 12.5. The fraction of sp³-hybridized carbons (Fsp3) is 0.583. The average molecular weight is 329 g/mol. The van der Waals surface area contributed by atoms with Gasteiger partial charge in [-0.05, 0) is 12.3 Å². The molecule has 21 heavy (non-hydrogen) atoms. The number of fused-ring (bicyclic) bond motifs is 1. The molecule has 0 aromatic carbocycles. The largest absolute Gasteiger partial charge is 0.306 e. The van der Waals surface area contributed by atoms with E-state index < -0.39 is 10.0 Å². The van der Waals surface area contributed by atoms with Gasteiger partial charge in [0.05, 0.1) is 0 Å². The second-order valence-corrected chi connectivity index (χ2v) is 7.86. The van der Waals surface area contributed by atoms with Crippen LogP contribution in [0.15, 0.2) is 16.6 Å². The quantitative estimate of drug-likeness (QED) is 0.551. The smallest absolute Gasteiger partial charge is 0.260 e. The molecule has 0 unspecified atom stereocenters. The molecule has 1 fully saturated rings. The third kappa shape index (κ3) is 2.91. The Hall–Kier alpha value is -1.16. The van der Waals surface area contributed by atoms with Crippen molar-refractivity contribution in [3.05, 3.63) is 11.6 Å². The van der Waals surface area contributed by atoms with Crippen LogP contribution in [-0.4, -0.2) is 24.3 Å². The van der Waals surface area contributed by atoms with E-state index >= 15 is 0 Å². The van der Waals surface area contributed by atoms with E-state index in [0.29, 0.717) is 17.4 Å². The molecule has 1 aliphatic rings. The lowest BCUT2D eigenvalue weighted by atomic mass is 10.1. The third-order valence-corrected chi connectivity index (χ3v) is 6.17. The number of nitrogens with zero attached hydrogens (tertiary/aromatic N) is 2. The standard InChI is InChI=1S/C12H19N5O2S2/c13-16-10-11(17-7-8-20-12(17)15-10)21(18,19)14-6-5-9-3-1-2-4-9/h7-9,14,16H,1-6,13H2. The predicted molar refractivity (Wildman–Crippen MR) is 82.6 cm³/mol. The SMILES string of the molecule is NNc1nc2sccn2c1S(=O)(=O)NCCC1CCCC1. The Balaban J connectivity index is 1.77. The van der Waals surface area contributed by atoms with Crippen LogP contribution < -0.4 is 16.0 Å². The molecule has 116 valence electrons. The Labute approximate surface area is 127 Å². The van der Waals surface area contributed by atoms with Crippen LogP contribution in [0.25, 0.3) is 4.96 Å². The van der Waals surface area contributed by atoms with E-state index in [2.05, 4.69) is 15.1 Å². The Bertz CT molecular complexity index is 715. The molecule has 2 aromatic heterocycles. The second kappa shape index (κ2) is 5.91. The van der Waals surface area contributed by atoms with E-state index in [1.54, 1.807) is 11.6 Å². The van der Waals surface area contributed by atoms with Crippen molar-refractivity contribution in [3.8, 4) is 0 Å². The number of nitrogens with two attached hydrogens (primary N) is 1.